The van der Waals surface area contributed by atoms with Crippen LogP contribution in [0.4, 0.5) is 0 Å². The maximum atomic E-state index is 11.7. The average molecular weight is 243 g/mol. The Bertz CT molecular complexity index is 235. The van der Waals surface area contributed by atoms with E-state index in [-0.39, 0.29) is 30.3 Å². The molecule has 0 spiro atoms. The van der Waals surface area contributed by atoms with Crippen LogP contribution in [0.5, 0.6) is 0 Å². The van der Waals surface area contributed by atoms with Gasteiger partial charge in [-0.15, -0.1) is 0 Å². The summed E-state index contributed by atoms with van der Waals surface area (Å²) in [5.41, 5.74) is 0. The van der Waals surface area contributed by atoms with Crippen molar-refractivity contribution in [1.29, 1.82) is 0 Å². The molecule has 0 aromatic heterocycles. The highest BCUT2D eigenvalue weighted by Crippen LogP contribution is 2.22. The molecular weight excluding hydrogens is 218 g/mol. The van der Waals surface area contributed by atoms with Crippen molar-refractivity contribution < 1.29 is 14.3 Å². The molecule has 0 aromatic carbocycles. The molecule has 3 unspecified atom stereocenters. The third-order valence-corrected chi connectivity index (χ3v) is 2.98. The summed E-state index contributed by atoms with van der Waals surface area (Å²) >= 11 is 0. The van der Waals surface area contributed by atoms with Gasteiger partial charge in [0.05, 0.1) is 18.6 Å². The molecule has 4 nitrogen and oxygen atoms in total. The summed E-state index contributed by atoms with van der Waals surface area (Å²) in [5, 5.41) is 3.21. The predicted molar refractivity (Wildman–Crippen MR) is 66.9 cm³/mol. The van der Waals surface area contributed by atoms with Crippen molar-refractivity contribution in [3.8, 4) is 0 Å². The number of carbonyl (C=O) groups is 1. The molecule has 0 bridgehead atoms. The Labute approximate surface area is 104 Å². The molecule has 0 amide bonds. The smallest absolute Gasteiger partial charge is 0.307 e. The number of rotatable bonds is 5. The van der Waals surface area contributed by atoms with Crippen molar-refractivity contribution in [3.63, 3.8) is 0 Å². The van der Waals surface area contributed by atoms with Gasteiger partial charge in [-0.3, -0.25) is 4.79 Å². The first-order valence-electron chi connectivity index (χ1n) is 6.59. The number of esters is 1. The van der Waals surface area contributed by atoms with Crippen molar-refractivity contribution in [2.75, 3.05) is 6.54 Å². The highest BCUT2D eigenvalue weighted by molar-refractivity contribution is 5.70. The molecule has 3 atom stereocenters. The molecule has 1 aliphatic heterocycles. The van der Waals surface area contributed by atoms with Crippen molar-refractivity contribution in [2.45, 2.75) is 71.3 Å². The molecule has 1 aliphatic rings. The molecule has 0 aromatic rings. The van der Waals surface area contributed by atoms with Crippen molar-refractivity contribution in [3.05, 3.63) is 0 Å². The maximum absolute atomic E-state index is 11.7. The summed E-state index contributed by atoms with van der Waals surface area (Å²) in [5.74, 6) is -0.107. The molecule has 0 aliphatic carbocycles. The number of ether oxygens (including phenoxy) is 2. The number of hydrogen-bond donors (Lipinski definition) is 1. The van der Waals surface area contributed by atoms with Gasteiger partial charge in [-0.25, -0.2) is 0 Å². The van der Waals surface area contributed by atoms with E-state index >= 15 is 0 Å². The molecular formula is C13H25NO3. The lowest BCUT2D eigenvalue weighted by atomic mass is 10.0. The fourth-order valence-corrected chi connectivity index (χ4v) is 2.35. The predicted octanol–water partition coefficient (Wildman–Crippen LogP) is 1.87. The van der Waals surface area contributed by atoms with Crippen LogP contribution in [-0.2, 0) is 14.3 Å². The molecule has 17 heavy (non-hydrogen) atoms. The van der Waals surface area contributed by atoms with Crippen LogP contribution in [0, 0.1) is 0 Å². The van der Waals surface area contributed by atoms with Crippen molar-refractivity contribution >= 4 is 5.97 Å². The Kier molecular flexibility index (Phi) is 5.92. The zero-order valence-corrected chi connectivity index (χ0v) is 11.4. The van der Waals surface area contributed by atoms with Gasteiger partial charge in [-0.1, -0.05) is 6.92 Å². The van der Waals surface area contributed by atoms with Crippen LogP contribution in [0.3, 0.4) is 0 Å². The Balaban J connectivity index is 2.30. The summed E-state index contributed by atoms with van der Waals surface area (Å²) in [6.07, 6.45) is 2.45. The van der Waals surface area contributed by atoms with E-state index in [1.807, 2.05) is 27.7 Å². The van der Waals surface area contributed by atoms with Crippen LogP contribution < -0.4 is 5.32 Å². The molecule has 1 rings (SSSR count). The van der Waals surface area contributed by atoms with Crippen molar-refractivity contribution in [2.24, 2.45) is 0 Å². The van der Waals surface area contributed by atoms with Crippen molar-refractivity contribution in [1.82, 2.24) is 5.32 Å². The molecule has 4 heteroatoms. The quantitative estimate of drug-likeness (QED) is 0.749. The number of nitrogens with one attached hydrogen (secondary N) is 1. The number of hydrogen-bond acceptors (Lipinski definition) is 4. The number of carbonyl (C=O) groups excluding carboxylic acids is 1. The monoisotopic (exact) mass is 243 g/mol. The average Bonchev–Trinajstić information content (AvgIpc) is 2.14. The summed E-state index contributed by atoms with van der Waals surface area (Å²) in [6.45, 7) is 8.96. The fraction of sp³-hybridized carbons (Fsp3) is 0.923. The first-order valence-corrected chi connectivity index (χ1v) is 6.59. The van der Waals surface area contributed by atoms with E-state index in [9.17, 15) is 4.79 Å². The first kappa shape index (κ1) is 14.5. The minimum Gasteiger partial charge on any atom is -0.462 e. The normalized spacial score (nSPS) is 30.9. The Hall–Kier alpha value is -0.610. The van der Waals surface area contributed by atoms with E-state index in [1.54, 1.807) is 0 Å². The lowest BCUT2D eigenvalue weighted by molar-refractivity contribution is -0.160. The largest absolute Gasteiger partial charge is 0.462 e. The SMILES string of the molecule is CCNC(C)CC(=O)OC1CC(C)OC(C)C1. The van der Waals surface area contributed by atoms with Crippen LogP contribution in [0.1, 0.15) is 47.0 Å². The van der Waals surface area contributed by atoms with E-state index in [0.717, 1.165) is 19.4 Å². The van der Waals surface area contributed by atoms with Gasteiger partial charge >= 0.3 is 5.97 Å². The van der Waals surface area contributed by atoms with Gasteiger partial charge in [0.2, 0.25) is 0 Å². The zero-order valence-electron chi connectivity index (χ0n) is 11.4. The van der Waals surface area contributed by atoms with E-state index in [4.69, 9.17) is 9.47 Å². The maximum Gasteiger partial charge on any atom is 0.307 e. The highest BCUT2D eigenvalue weighted by atomic mass is 16.6. The summed E-state index contributed by atoms with van der Waals surface area (Å²) in [7, 11) is 0. The first-order chi connectivity index (χ1) is 8.01. The molecule has 1 saturated heterocycles. The standard InChI is InChI=1S/C13H25NO3/c1-5-14-9(2)6-13(15)17-12-7-10(3)16-11(4)8-12/h9-12,14H,5-8H2,1-4H3. The van der Waals surface area contributed by atoms with Crippen LogP contribution in [0.2, 0.25) is 0 Å². The molecule has 100 valence electrons. The Morgan fingerprint density at radius 2 is 2.00 bits per heavy atom. The van der Waals surface area contributed by atoms with Crippen LogP contribution in [-0.4, -0.2) is 36.9 Å². The van der Waals surface area contributed by atoms with Gasteiger partial charge in [0.25, 0.3) is 0 Å². The molecule has 0 radical (unpaired) electrons. The van der Waals surface area contributed by atoms with E-state index in [1.165, 1.54) is 0 Å². The van der Waals surface area contributed by atoms with Gasteiger partial charge in [0, 0.05) is 18.9 Å². The van der Waals surface area contributed by atoms with Gasteiger partial charge in [0.15, 0.2) is 0 Å². The molecule has 1 heterocycles. The zero-order chi connectivity index (χ0) is 12.8. The van der Waals surface area contributed by atoms with E-state index in [2.05, 4.69) is 5.32 Å². The lowest BCUT2D eigenvalue weighted by Gasteiger charge is -2.31. The van der Waals surface area contributed by atoms with Crippen LogP contribution in [0.15, 0.2) is 0 Å². The summed E-state index contributed by atoms with van der Waals surface area (Å²) in [6, 6.07) is 0.183. The second-order valence-electron chi connectivity index (χ2n) is 5.00. The summed E-state index contributed by atoms with van der Waals surface area (Å²) in [4.78, 5) is 11.7. The lowest BCUT2D eigenvalue weighted by Crippen LogP contribution is -2.36. The molecule has 0 saturated carbocycles. The minimum absolute atomic E-state index is 0.0232. The van der Waals surface area contributed by atoms with Gasteiger partial charge in [-0.2, -0.15) is 0 Å². The van der Waals surface area contributed by atoms with Crippen LogP contribution >= 0.6 is 0 Å². The van der Waals surface area contributed by atoms with E-state index in [0.29, 0.717) is 6.42 Å². The second-order valence-corrected chi connectivity index (χ2v) is 5.00. The third-order valence-electron chi connectivity index (χ3n) is 2.98. The fourth-order valence-electron chi connectivity index (χ4n) is 2.35. The van der Waals surface area contributed by atoms with Crippen LogP contribution in [0.25, 0.3) is 0 Å². The van der Waals surface area contributed by atoms with Gasteiger partial charge in [0.1, 0.15) is 6.10 Å². The Morgan fingerprint density at radius 1 is 1.41 bits per heavy atom. The summed E-state index contributed by atoms with van der Waals surface area (Å²) < 4.78 is 11.1. The molecule has 1 N–H and O–H groups in total. The van der Waals surface area contributed by atoms with E-state index < -0.39 is 0 Å². The highest BCUT2D eigenvalue weighted by Gasteiger charge is 2.27. The second kappa shape index (κ2) is 6.97. The minimum atomic E-state index is -0.107. The topological polar surface area (TPSA) is 47.6 Å². The van der Waals surface area contributed by atoms with Gasteiger partial charge < -0.3 is 14.8 Å². The third kappa shape index (κ3) is 5.50. The Morgan fingerprint density at radius 3 is 2.53 bits per heavy atom. The van der Waals surface area contributed by atoms with Gasteiger partial charge in [-0.05, 0) is 27.3 Å². The molecule has 1 fully saturated rings.